The molecule has 0 aliphatic carbocycles. The normalized spacial score (nSPS) is 16.9. The van der Waals surface area contributed by atoms with Gasteiger partial charge in [-0.3, -0.25) is 4.79 Å². The summed E-state index contributed by atoms with van der Waals surface area (Å²) in [6, 6.07) is 0. The third-order valence-corrected chi connectivity index (χ3v) is 4.61. The molecular weight excluding hydrogens is 254 g/mol. The molecule has 6 heteroatoms. The molecule has 0 saturated carbocycles. The number of aromatic nitrogens is 1. The molecule has 94 valence electrons. The van der Waals surface area contributed by atoms with Crippen LogP contribution in [0.1, 0.15) is 18.5 Å². The Morgan fingerprint density at radius 3 is 2.94 bits per heavy atom. The standard InChI is InChI=1S/C11H17N3OS2/c12-11-14-9(7-17-11)5-10(15)13-6-8-1-3-16-4-2-8/h7-8H,1-6H2,(H2,12,14)(H,13,15). The zero-order chi connectivity index (χ0) is 12.1. The van der Waals surface area contributed by atoms with Crippen molar-refractivity contribution in [1.82, 2.24) is 10.3 Å². The lowest BCUT2D eigenvalue weighted by Crippen LogP contribution is -2.32. The van der Waals surface area contributed by atoms with Gasteiger partial charge in [0.1, 0.15) is 0 Å². The van der Waals surface area contributed by atoms with Crippen molar-refractivity contribution in [1.29, 1.82) is 0 Å². The predicted octanol–water partition coefficient (Wildman–Crippen LogP) is 1.53. The van der Waals surface area contributed by atoms with Gasteiger partial charge in [0.15, 0.2) is 5.13 Å². The molecule has 0 aromatic carbocycles. The Hall–Kier alpha value is -0.750. The minimum Gasteiger partial charge on any atom is -0.375 e. The van der Waals surface area contributed by atoms with Crippen molar-refractivity contribution in [3.05, 3.63) is 11.1 Å². The number of amides is 1. The molecule has 0 bridgehead atoms. The summed E-state index contributed by atoms with van der Waals surface area (Å²) in [5.74, 6) is 3.15. The quantitative estimate of drug-likeness (QED) is 0.871. The molecule has 0 spiro atoms. The van der Waals surface area contributed by atoms with Gasteiger partial charge in [0.2, 0.25) is 5.91 Å². The maximum Gasteiger partial charge on any atom is 0.226 e. The van der Waals surface area contributed by atoms with Gasteiger partial charge in [0, 0.05) is 11.9 Å². The fourth-order valence-electron chi connectivity index (χ4n) is 1.84. The number of nitrogens with zero attached hydrogens (tertiary/aromatic N) is 1. The van der Waals surface area contributed by atoms with Gasteiger partial charge in [0.05, 0.1) is 12.1 Å². The summed E-state index contributed by atoms with van der Waals surface area (Å²) in [6.07, 6.45) is 2.78. The Labute approximate surface area is 109 Å². The largest absolute Gasteiger partial charge is 0.375 e. The first kappa shape index (κ1) is 12.7. The summed E-state index contributed by atoms with van der Waals surface area (Å²) in [7, 11) is 0. The molecule has 0 radical (unpaired) electrons. The second-order valence-electron chi connectivity index (χ2n) is 4.21. The van der Waals surface area contributed by atoms with Gasteiger partial charge in [-0.15, -0.1) is 11.3 Å². The molecule has 0 unspecified atom stereocenters. The summed E-state index contributed by atoms with van der Waals surface area (Å²) >= 11 is 3.38. The molecule has 1 aliphatic heterocycles. The van der Waals surface area contributed by atoms with Crippen LogP contribution in [0.5, 0.6) is 0 Å². The monoisotopic (exact) mass is 271 g/mol. The van der Waals surface area contributed by atoms with Crippen molar-refractivity contribution in [2.45, 2.75) is 19.3 Å². The Morgan fingerprint density at radius 2 is 2.29 bits per heavy atom. The smallest absolute Gasteiger partial charge is 0.226 e. The number of thioether (sulfide) groups is 1. The van der Waals surface area contributed by atoms with Crippen LogP contribution in [-0.2, 0) is 11.2 Å². The first-order valence-electron chi connectivity index (χ1n) is 5.78. The van der Waals surface area contributed by atoms with E-state index in [1.807, 2.05) is 17.1 Å². The third-order valence-electron chi connectivity index (χ3n) is 2.84. The van der Waals surface area contributed by atoms with Crippen molar-refractivity contribution in [3.8, 4) is 0 Å². The fraction of sp³-hybridized carbons (Fsp3) is 0.636. The summed E-state index contributed by atoms with van der Waals surface area (Å²) in [5, 5.41) is 5.35. The van der Waals surface area contributed by atoms with E-state index in [9.17, 15) is 4.79 Å². The second-order valence-corrected chi connectivity index (χ2v) is 6.33. The van der Waals surface area contributed by atoms with Crippen LogP contribution in [0.15, 0.2) is 5.38 Å². The summed E-state index contributed by atoms with van der Waals surface area (Å²) < 4.78 is 0. The lowest BCUT2D eigenvalue weighted by molar-refractivity contribution is -0.120. The van der Waals surface area contributed by atoms with Gasteiger partial charge in [0.25, 0.3) is 0 Å². The van der Waals surface area contributed by atoms with Crippen LogP contribution in [0.3, 0.4) is 0 Å². The van der Waals surface area contributed by atoms with Gasteiger partial charge in [-0.1, -0.05) is 0 Å². The number of rotatable bonds is 4. The average Bonchev–Trinajstić information content (AvgIpc) is 2.73. The van der Waals surface area contributed by atoms with E-state index in [0.29, 0.717) is 17.5 Å². The average molecular weight is 271 g/mol. The highest BCUT2D eigenvalue weighted by Gasteiger charge is 2.15. The molecule has 3 N–H and O–H groups in total. The Morgan fingerprint density at radius 1 is 1.53 bits per heavy atom. The molecule has 1 fully saturated rings. The van der Waals surface area contributed by atoms with Crippen LogP contribution in [0.4, 0.5) is 5.13 Å². The van der Waals surface area contributed by atoms with Crippen LogP contribution < -0.4 is 11.1 Å². The van der Waals surface area contributed by atoms with E-state index in [2.05, 4.69) is 10.3 Å². The third kappa shape index (κ3) is 4.20. The maximum atomic E-state index is 11.7. The Kier molecular flexibility index (Phi) is 4.67. The molecule has 1 aliphatic rings. The number of nitrogen functional groups attached to an aromatic ring is 1. The second kappa shape index (κ2) is 6.26. The number of anilines is 1. The van der Waals surface area contributed by atoms with Gasteiger partial charge in [-0.25, -0.2) is 4.98 Å². The molecule has 0 atom stereocenters. The lowest BCUT2D eigenvalue weighted by atomic mass is 10.0. The van der Waals surface area contributed by atoms with Crippen LogP contribution in [0.25, 0.3) is 0 Å². The zero-order valence-corrected chi connectivity index (χ0v) is 11.3. The van der Waals surface area contributed by atoms with Crippen molar-refractivity contribution in [2.24, 2.45) is 5.92 Å². The van der Waals surface area contributed by atoms with E-state index in [-0.39, 0.29) is 5.91 Å². The minimum absolute atomic E-state index is 0.0496. The van der Waals surface area contributed by atoms with E-state index >= 15 is 0 Å². The number of carbonyl (C=O) groups is 1. The molecule has 2 heterocycles. The van der Waals surface area contributed by atoms with Gasteiger partial charge >= 0.3 is 0 Å². The van der Waals surface area contributed by atoms with Crippen molar-refractivity contribution in [3.63, 3.8) is 0 Å². The first-order chi connectivity index (χ1) is 8.24. The summed E-state index contributed by atoms with van der Waals surface area (Å²) in [4.78, 5) is 15.7. The maximum absolute atomic E-state index is 11.7. The van der Waals surface area contributed by atoms with Gasteiger partial charge in [-0.2, -0.15) is 11.8 Å². The number of nitrogens with one attached hydrogen (secondary N) is 1. The fourth-order valence-corrected chi connectivity index (χ4v) is 3.61. The van der Waals surface area contributed by atoms with E-state index in [1.54, 1.807) is 0 Å². The highest BCUT2D eigenvalue weighted by molar-refractivity contribution is 7.99. The highest BCUT2D eigenvalue weighted by atomic mass is 32.2. The van der Waals surface area contributed by atoms with Crippen molar-refractivity contribution < 1.29 is 4.79 Å². The minimum atomic E-state index is 0.0496. The molecule has 1 amide bonds. The molecule has 17 heavy (non-hydrogen) atoms. The highest BCUT2D eigenvalue weighted by Crippen LogP contribution is 2.21. The van der Waals surface area contributed by atoms with Crippen molar-refractivity contribution >= 4 is 34.1 Å². The predicted molar refractivity (Wildman–Crippen MR) is 73.3 cm³/mol. The molecule has 1 saturated heterocycles. The molecule has 2 rings (SSSR count). The van der Waals surface area contributed by atoms with E-state index in [4.69, 9.17) is 5.73 Å². The van der Waals surface area contributed by atoms with Crippen LogP contribution in [0, 0.1) is 5.92 Å². The SMILES string of the molecule is Nc1nc(CC(=O)NCC2CCSCC2)cs1. The van der Waals surface area contributed by atoms with Gasteiger partial charge < -0.3 is 11.1 Å². The number of thiazole rings is 1. The van der Waals surface area contributed by atoms with E-state index in [1.165, 1.54) is 35.7 Å². The first-order valence-corrected chi connectivity index (χ1v) is 7.82. The summed E-state index contributed by atoms with van der Waals surface area (Å²) in [6.45, 7) is 0.805. The number of nitrogens with two attached hydrogens (primary N) is 1. The molecule has 4 nitrogen and oxygen atoms in total. The number of carbonyl (C=O) groups excluding carboxylic acids is 1. The lowest BCUT2D eigenvalue weighted by Gasteiger charge is -2.21. The Balaban J connectivity index is 1.70. The zero-order valence-electron chi connectivity index (χ0n) is 9.65. The molecule has 1 aromatic heterocycles. The Bertz CT molecular complexity index is 375. The van der Waals surface area contributed by atoms with Crippen LogP contribution in [-0.4, -0.2) is 28.9 Å². The molecular formula is C11H17N3OS2. The van der Waals surface area contributed by atoms with Crippen LogP contribution >= 0.6 is 23.1 Å². The van der Waals surface area contributed by atoms with E-state index in [0.717, 1.165) is 12.2 Å². The summed E-state index contributed by atoms with van der Waals surface area (Å²) in [5.41, 5.74) is 6.29. The number of hydrogen-bond acceptors (Lipinski definition) is 5. The van der Waals surface area contributed by atoms with Crippen molar-refractivity contribution in [2.75, 3.05) is 23.8 Å². The van der Waals surface area contributed by atoms with E-state index < -0.39 is 0 Å². The van der Waals surface area contributed by atoms with Gasteiger partial charge in [-0.05, 0) is 30.3 Å². The molecule has 1 aromatic rings. The number of hydrogen-bond donors (Lipinski definition) is 2. The van der Waals surface area contributed by atoms with Crippen LogP contribution in [0.2, 0.25) is 0 Å². The topological polar surface area (TPSA) is 68.0 Å².